The Morgan fingerprint density at radius 1 is 1.08 bits per heavy atom. The van der Waals surface area contributed by atoms with E-state index in [9.17, 15) is 14.7 Å². The van der Waals surface area contributed by atoms with Crippen LogP contribution >= 0.6 is 11.6 Å². The summed E-state index contributed by atoms with van der Waals surface area (Å²) in [5.41, 5.74) is 1.73. The number of para-hydroxylation sites is 1. The van der Waals surface area contributed by atoms with Gasteiger partial charge in [-0.1, -0.05) is 29.8 Å². The summed E-state index contributed by atoms with van der Waals surface area (Å²) in [4.78, 5) is 24.4. The zero-order valence-electron chi connectivity index (χ0n) is 21.0. The van der Waals surface area contributed by atoms with Gasteiger partial charge in [0.2, 0.25) is 6.29 Å². The maximum absolute atomic E-state index is 12.6. The van der Waals surface area contributed by atoms with E-state index in [4.69, 9.17) is 25.8 Å². The first-order valence-corrected chi connectivity index (χ1v) is 12.5. The Kier molecular flexibility index (Phi) is 7.93. The van der Waals surface area contributed by atoms with Crippen LogP contribution in [-0.2, 0) is 11.2 Å². The molecule has 1 heterocycles. The molecule has 0 aromatic heterocycles. The van der Waals surface area contributed by atoms with Gasteiger partial charge in [0.15, 0.2) is 0 Å². The number of hydrogen-bond donors (Lipinski definition) is 2. The van der Waals surface area contributed by atoms with Gasteiger partial charge >= 0.3 is 5.97 Å². The van der Waals surface area contributed by atoms with Gasteiger partial charge in [0.1, 0.15) is 22.8 Å². The average molecular weight is 524 g/mol. The summed E-state index contributed by atoms with van der Waals surface area (Å²) in [5.74, 6) is -0.260. The number of carbonyl (C=O) groups excluding carboxylic acids is 1. The predicted molar refractivity (Wildman–Crippen MR) is 141 cm³/mol. The van der Waals surface area contributed by atoms with Gasteiger partial charge in [0.05, 0.1) is 5.92 Å². The number of carboxylic acids is 1. The first-order chi connectivity index (χ1) is 17.6. The number of amides is 1. The summed E-state index contributed by atoms with van der Waals surface area (Å²) in [6.45, 7) is 6.45. The van der Waals surface area contributed by atoms with Crippen molar-refractivity contribution in [2.75, 3.05) is 6.54 Å². The Balaban J connectivity index is 1.33. The second kappa shape index (κ2) is 11.1. The average Bonchev–Trinajstić information content (AvgIpc) is 2.84. The van der Waals surface area contributed by atoms with Gasteiger partial charge in [0.25, 0.3) is 5.91 Å². The second-order valence-electron chi connectivity index (χ2n) is 9.83. The SMILES string of the molecule is CC(C)(C)Oc1ccccc1CCNC(=O)c1ccc(OC2CC(C(=O)O)c3cc(Cl)ccc3O2)cc1. The molecule has 2 atom stereocenters. The summed E-state index contributed by atoms with van der Waals surface area (Å²) in [5, 5.41) is 13.0. The minimum absolute atomic E-state index is 0.130. The van der Waals surface area contributed by atoms with Crippen LogP contribution in [0.5, 0.6) is 17.2 Å². The Morgan fingerprint density at radius 2 is 1.81 bits per heavy atom. The number of carbonyl (C=O) groups is 2. The van der Waals surface area contributed by atoms with Gasteiger partial charge in [0, 0.05) is 29.1 Å². The van der Waals surface area contributed by atoms with Crippen molar-refractivity contribution >= 4 is 23.5 Å². The van der Waals surface area contributed by atoms with E-state index in [0.29, 0.717) is 40.6 Å². The van der Waals surface area contributed by atoms with Crippen molar-refractivity contribution in [3.05, 3.63) is 88.4 Å². The molecule has 2 N–H and O–H groups in total. The molecule has 37 heavy (non-hydrogen) atoms. The first kappa shape index (κ1) is 26.4. The maximum Gasteiger partial charge on any atom is 0.311 e. The molecule has 194 valence electrons. The minimum Gasteiger partial charge on any atom is -0.488 e. The van der Waals surface area contributed by atoms with Crippen LogP contribution in [0.4, 0.5) is 0 Å². The van der Waals surface area contributed by atoms with E-state index < -0.39 is 18.2 Å². The lowest BCUT2D eigenvalue weighted by Crippen LogP contribution is -2.33. The van der Waals surface area contributed by atoms with Gasteiger partial charge in [-0.2, -0.15) is 0 Å². The topological polar surface area (TPSA) is 94.1 Å². The van der Waals surface area contributed by atoms with Crippen LogP contribution in [0.25, 0.3) is 0 Å². The van der Waals surface area contributed by atoms with Gasteiger partial charge in [-0.15, -0.1) is 0 Å². The minimum atomic E-state index is -0.972. The quantitative estimate of drug-likeness (QED) is 0.385. The van der Waals surface area contributed by atoms with Crippen LogP contribution in [0.1, 0.15) is 54.6 Å². The molecule has 1 aliphatic rings. The second-order valence-corrected chi connectivity index (χ2v) is 10.3. The summed E-state index contributed by atoms with van der Waals surface area (Å²) in [6, 6.07) is 19.4. The number of fused-ring (bicyclic) bond motifs is 1. The molecule has 0 saturated carbocycles. The van der Waals surface area contributed by atoms with Crippen molar-refractivity contribution in [3.8, 4) is 17.2 Å². The van der Waals surface area contributed by atoms with E-state index in [2.05, 4.69) is 5.32 Å². The molecule has 4 rings (SSSR count). The normalized spacial score (nSPS) is 16.8. The molecule has 3 aromatic carbocycles. The molecule has 0 saturated heterocycles. The van der Waals surface area contributed by atoms with Gasteiger partial charge < -0.3 is 24.6 Å². The standard InChI is InChI=1S/C29H30ClNO6/c1-29(2,3)37-24-7-5-4-6-18(24)14-15-31-27(32)19-8-11-21(12-9-19)35-26-17-23(28(33)34)22-16-20(30)10-13-25(22)36-26/h4-13,16,23,26H,14-15,17H2,1-3H3,(H,31,32)(H,33,34). The number of aliphatic carboxylic acids is 1. The smallest absolute Gasteiger partial charge is 0.311 e. The van der Waals surface area contributed by atoms with Gasteiger partial charge in [-0.25, -0.2) is 0 Å². The monoisotopic (exact) mass is 523 g/mol. The van der Waals surface area contributed by atoms with Crippen molar-refractivity contribution in [1.82, 2.24) is 5.32 Å². The predicted octanol–water partition coefficient (Wildman–Crippen LogP) is 5.85. The number of rotatable bonds is 8. The number of carboxylic acid groups (broad SMARTS) is 1. The molecular weight excluding hydrogens is 494 g/mol. The van der Waals surface area contributed by atoms with Crippen molar-refractivity contribution in [2.45, 2.75) is 51.4 Å². The molecule has 1 amide bonds. The van der Waals surface area contributed by atoms with Crippen molar-refractivity contribution < 1.29 is 28.9 Å². The van der Waals surface area contributed by atoms with Crippen LogP contribution in [0, 0.1) is 0 Å². The zero-order chi connectivity index (χ0) is 26.6. The van der Waals surface area contributed by atoms with Crippen LogP contribution in [0.15, 0.2) is 66.7 Å². The molecule has 7 nitrogen and oxygen atoms in total. The Labute approximate surface area is 221 Å². The fraction of sp³-hybridized carbons (Fsp3) is 0.310. The number of nitrogens with one attached hydrogen (secondary N) is 1. The molecular formula is C29H30ClNO6. The van der Waals surface area contributed by atoms with Gasteiger partial charge in [-0.05, 0) is 81.3 Å². The highest BCUT2D eigenvalue weighted by atomic mass is 35.5. The van der Waals surface area contributed by atoms with E-state index in [1.807, 2.05) is 45.0 Å². The highest BCUT2D eigenvalue weighted by molar-refractivity contribution is 6.30. The van der Waals surface area contributed by atoms with E-state index in [1.165, 1.54) is 0 Å². The molecule has 1 aliphatic heterocycles. The zero-order valence-corrected chi connectivity index (χ0v) is 21.7. The van der Waals surface area contributed by atoms with Crippen molar-refractivity contribution in [3.63, 3.8) is 0 Å². The number of hydrogen-bond acceptors (Lipinski definition) is 5. The van der Waals surface area contributed by atoms with Crippen LogP contribution in [-0.4, -0.2) is 35.4 Å². The highest BCUT2D eigenvalue weighted by Crippen LogP contribution is 2.38. The van der Waals surface area contributed by atoms with E-state index in [1.54, 1.807) is 42.5 Å². The Hall–Kier alpha value is -3.71. The summed E-state index contributed by atoms with van der Waals surface area (Å²) in [7, 11) is 0. The van der Waals surface area contributed by atoms with Crippen molar-refractivity contribution in [1.29, 1.82) is 0 Å². The lowest BCUT2D eigenvalue weighted by atomic mass is 9.92. The molecule has 3 aromatic rings. The number of benzene rings is 3. The maximum atomic E-state index is 12.6. The fourth-order valence-corrected chi connectivity index (χ4v) is 4.28. The molecule has 0 aliphatic carbocycles. The van der Waals surface area contributed by atoms with Crippen LogP contribution in [0.2, 0.25) is 5.02 Å². The summed E-state index contributed by atoms with van der Waals surface area (Å²) < 4.78 is 17.8. The number of ether oxygens (including phenoxy) is 3. The lowest BCUT2D eigenvalue weighted by molar-refractivity contribution is -0.141. The van der Waals surface area contributed by atoms with E-state index >= 15 is 0 Å². The van der Waals surface area contributed by atoms with Crippen molar-refractivity contribution in [2.24, 2.45) is 0 Å². The summed E-state index contributed by atoms with van der Waals surface area (Å²) in [6.07, 6.45) is -0.0224. The molecule has 0 fully saturated rings. The third-order valence-corrected chi connectivity index (χ3v) is 6.02. The molecule has 8 heteroatoms. The van der Waals surface area contributed by atoms with Crippen LogP contribution < -0.4 is 19.5 Å². The molecule has 2 unspecified atom stereocenters. The van der Waals surface area contributed by atoms with E-state index in [-0.39, 0.29) is 17.9 Å². The molecule has 0 radical (unpaired) electrons. The third kappa shape index (κ3) is 6.95. The lowest BCUT2D eigenvalue weighted by Gasteiger charge is -2.30. The summed E-state index contributed by atoms with van der Waals surface area (Å²) >= 11 is 6.03. The Morgan fingerprint density at radius 3 is 2.51 bits per heavy atom. The largest absolute Gasteiger partial charge is 0.488 e. The number of halogens is 1. The molecule has 0 bridgehead atoms. The first-order valence-electron chi connectivity index (χ1n) is 12.1. The van der Waals surface area contributed by atoms with Gasteiger partial charge in [-0.3, -0.25) is 9.59 Å². The Bertz CT molecular complexity index is 1270. The van der Waals surface area contributed by atoms with E-state index in [0.717, 1.165) is 11.3 Å². The fourth-order valence-electron chi connectivity index (χ4n) is 4.10. The van der Waals surface area contributed by atoms with Crippen LogP contribution in [0.3, 0.4) is 0 Å². The molecule has 0 spiro atoms. The highest BCUT2D eigenvalue weighted by Gasteiger charge is 2.34. The third-order valence-electron chi connectivity index (χ3n) is 5.78.